The molecule has 34 heavy (non-hydrogen) atoms. The van der Waals surface area contributed by atoms with Crippen LogP contribution in [0.4, 0.5) is 5.82 Å². The molecule has 3 heterocycles. The summed E-state index contributed by atoms with van der Waals surface area (Å²) in [5.41, 5.74) is 3.06. The molecule has 178 valence electrons. The van der Waals surface area contributed by atoms with Gasteiger partial charge in [-0.2, -0.15) is 5.10 Å². The fourth-order valence-corrected chi connectivity index (χ4v) is 5.37. The minimum atomic E-state index is -4.04. The molecule has 1 N–H and O–H groups in total. The molecule has 0 saturated carbocycles. The molecule has 0 saturated heterocycles. The lowest BCUT2D eigenvalue weighted by Crippen LogP contribution is -2.17. The topological polar surface area (TPSA) is 108 Å². The Bertz CT molecular complexity index is 1470. The Labute approximate surface area is 197 Å². The maximum Gasteiger partial charge on any atom is 0.266 e. The highest BCUT2D eigenvalue weighted by molar-refractivity contribution is 7.92. The first-order chi connectivity index (χ1) is 16.2. The fraction of sp³-hybridized carbons (Fsp3) is 0.333. The normalized spacial score (nSPS) is 13.6. The zero-order valence-electron chi connectivity index (χ0n) is 19.5. The first-order valence-corrected chi connectivity index (χ1v) is 12.4. The molecule has 0 fully saturated rings. The smallest absolute Gasteiger partial charge is 0.266 e. The molecule has 0 spiro atoms. The molecule has 0 amide bonds. The van der Waals surface area contributed by atoms with Crippen molar-refractivity contribution in [2.75, 3.05) is 18.4 Å². The number of methoxy groups -OCH3 is 1. The number of fused-ring (bicyclic) bond motifs is 3. The van der Waals surface area contributed by atoms with Crippen LogP contribution in [0.1, 0.15) is 37.5 Å². The zero-order valence-corrected chi connectivity index (χ0v) is 20.3. The van der Waals surface area contributed by atoms with Crippen molar-refractivity contribution >= 4 is 26.8 Å². The van der Waals surface area contributed by atoms with E-state index in [2.05, 4.69) is 15.0 Å². The Morgan fingerprint density at radius 1 is 1.24 bits per heavy atom. The second-order valence-electron chi connectivity index (χ2n) is 9.27. The summed E-state index contributed by atoms with van der Waals surface area (Å²) in [5, 5.41) is 8.82. The lowest BCUT2D eigenvalue weighted by Gasteiger charge is -2.21. The molecule has 1 aliphatic heterocycles. The molecule has 4 aromatic rings. The summed E-state index contributed by atoms with van der Waals surface area (Å²) in [6.45, 7) is 7.11. The van der Waals surface area contributed by atoms with Gasteiger partial charge in [-0.05, 0) is 40.8 Å². The number of nitrogens with one attached hydrogen (secondary N) is 1. The highest BCUT2D eigenvalue weighted by Gasteiger charge is 2.29. The van der Waals surface area contributed by atoms with Gasteiger partial charge < -0.3 is 14.0 Å². The van der Waals surface area contributed by atoms with Crippen LogP contribution in [-0.2, 0) is 28.4 Å². The van der Waals surface area contributed by atoms with Crippen molar-refractivity contribution in [3.8, 4) is 11.5 Å². The zero-order chi connectivity index (χ0) is 24.1. The Morgan fingerprint density at radius 2 is 2.06 bits per heavy atom. The van der Waals surface area contributed by atoms with Gasteiger partial charge >= 0.3 is 0 Å². The lowest BCUT2D eigenvalue weighted by atomic mass is 9.87. The molecule has 5 rings (SSSR count). The standard InChI is InChI=1S/C24H26N4O5S/c1-24(2,3)16-6-7-18(31-4)20(13-16)34(29,30)27-23-21-19(33-26-23)12-15(14-28-10-5-9-25-28)17-8-11-32-22(17)21/h5-7,9-10,12-13H,8,11,14H2,1-4H3,(H,26,27). The van der Waals surface area contributed by atoms with Crippen molar-refractivity contribution in [2.24, 2.45) is 0 Å². The average molecular weight is 483 g/mol. The molecule has 1 aliphatic rings. The number of sulfonamides is 1. The van der Waals surface area contributed by atoms with E-state index in [0.29, 0.717) is 36.3 Å². The number of anilines is 1. The summed E-state index contributed by atoms with van der Waals surface area (Å²) in [4.78, 5) is 0.0337. The summed E-state index contributed by atoms with van der Waals surface area (Å²) < 4.78 is 48.1. The van der Waals surface area contributed by atoms with E-state index in [-0.39, 0.29) is 21.9 Å². The highest BCUT2D eigenvalue weighted by atomic mass is 32.2. The van der Waals surface area contributed by atoms with Gasteiger partial charge in [-0.3, -0.25) is 9.40 Å². The molecule has 0 unspecified atom stereocenters. The van der Waals surface area contributed by atoms with Crippen molar-refractivity contribution in [1.29, 1.82) is 0 Å². The molecular weight excluding hydrogens is 456 g/mol. The maximum atomic E-state index is 13.5. The summed E-state index contributed by atoms with van der Waals surface area (Å²) >= 11 is 0. The van der Waals surface area contributed by atoms with Crippen LogP contribution in [0.25, 0.3) is 11.0 Å². The van der Waals surface area contributed by atoms with Crippen LogP contribution >= 0.6 is 0 Å². The van der Waals surface area contributed by atoms with Crippen LogP contribution in [0, 0.1) is 0 Å². The van der Waals surface area contributed by atoms with Gasteiger partial charge in [-0.15, -0.1) is 0 Å². The monoisotopic (exact) mass is 482 g/mol. The van der Waals surface area contributed by atoms with Gasteiger partial charge in [-0.1, -0.05) is 32.0 Å². The third-order valence-corrected chi connectivity index (χ3v) is 7.31. The van der Waals surface area contributed by atoms with Crippen molar-refractivity contribution in [1.82, 2.24) is 14.9 Å². The van der Waals surface area contributed by atoms with Gasteiger partial charge in [0.25, 0.3) is 10.0 Å². The Balaban J connectivity index is 1.57. The SMILES string of the molecule is COc1ccc(C(C)(C)C)cc1S(=O)(=O)Nc1noc2cc(Cn3cccn3)c3c(c12)OCC3. The minimum Gasteiger partial charge on any atom is -0.495 e. The van der Waals surface area contributed by atoms with Crippen molar-refractivity contribution in [2.45, 2.75) is 44.0 Å². The Kier molecular flexibility index (Phi) is 5.27. The molecule has 9 nitrogen and oxygen atoms in total. The summed E-state index contributed by atoms with van der Waals surface area (Å²) in [5.74, 6) is 0.923. The minimum absolute atomic E-state index is 0.0337. The van der Waals surface area contributed by atoms with Gasteiger partial charge in [-0.25, -0.2) is 8.42 Å². The number of rotatable bonds is 6. The van der Waals surface area contributed by atoms with Crippen LogP contribution in [0.2, 0.25) is 0 Å². The van der Waals surface area contributed by atoms with Crippen LogP contribution in [0.3, 0.4) is 0 Å². The van der Waals surface area contributed by atoms with E-state index < -0.39 is 10.0 Å². The largest absolute Gasteiger partial charge is 0.495 e. The number of aromatic nitrogens is 3. The predicted molar refractivity (Wildman–Crippen MR) is 127 cm³/mol. The van der Waals surface area contributed by atoms with E-state index in [9.17, 15) is 8.42 Å². The van der Waals surface area contributed by atoms with Crippen LogP contribution < -0.4 is 14.2 Å². The van der Waals surface area contributed by atoms with Gasteiger partial charge in [0.2, 0.25) is 0 Å². The highest BCUT2D eigenvalue weighted by Crippen LogP contribution is 2.42. The number of ether oxygens (including phenoxy) is 2. The Hall–Kier alpha value is -3.53. The van der Waals surface area contributed by atoms with Crippen LogP contribution in [0.15, 0.2) is 52.1 Å². The van der Waals surface area contributed by atoms with Crippen LogP contribution in [0.5, 0.6) is 11.5 Å². The second kappa shape index (κ2) is 8.05. The second-order valence-corrected chi connectivity index (χ2v) is 10.9. The summed E-state index contributed by atoms with van der Waals surface area (Å²) in [7, 11) is -2.59. The van der Waals surface area contributed by atoms with Crippen molar-refractivity contribution in [3.63, 3.8) is 0 Å². The number of hydrogen-bond acceptors (Lipinski definition) is 7. The molecular formula is C24H26N4O5S. The van der Waals surface area contributed by atoms with Crippen molar-refractivity contribution in [3.05, 3.63) is 59.4 Å². The molecule has 0 atom stereocenters. The average Bonchev–Trinajstić information content (AvgIpc) is 3.54. The third kappa shape index (κ3) is 3.87. The number of nitrogens with zero attached hydrogens (tertiary/aromatic N) is 3. The van der Waals surface area contributed by atoms with E-state index in [1.165, 1.54) is 7.11 Å². The number of benzene rings is 2. The Morgan fingerprint density at radius 3 is 2.76 bits per heavy atom. The van der Waals surface area contributed by atoms with E-state index in [4.69, 9.17) is 14.0 Å². The van der Waals surface area contributed by atoms with E-state index in [1.807, 2.05) is 49.8 Å². The summed E-state index contributed by atoms with van der Waals surface area (Å²) in [6.07, 6.45) is 4.31. The van der Waals surface area contributed by atoms with E-state index in [1.54, 1.807) is 18.3 Å². The first kappa shape index (κ1) is 22.3. The predicted octanol–water partition coefficient (Wildman–Crippen LogP) is 4.11. The molecule has 0 bridgehead atoms. The maximum absolute atomic E-state index is 13.5. The van der Waals surface area contributed by atoms with Gasteiger partial charge in [0.15, 0.2) is 11.4 Å². The molecule has 2 aromatic heterocycles. The van der Waals surface area contributed by atoms with Crippen LogP contribution in [-0.4, -0.2) is 37.1 Å². The third-order valence-electron chi connectivity index (χ3n) is 5.95. The summed E-state index contributed by atoms with van der Waals surface area (Å²) in [6, 6.07) is 8.89. The van der Waals surface area contributed by atoms with E-state index >= 15 is 0 Å². The first-order valence-electron chi connectivity index (χ1n) is 10.9. The van der Waals surface area contributed by atoms with Gasteiger partial charge in [0.1, 0.15) is 21.8 Å². The molecule has 0 aliphatic carbocycles. The molecule has 0 radical (unpaired) electrons. The van der Waals surface area contributed by atoms with E-state index in [0.717, 1.165) is 16.7 Å². The molecule has 10 heteroatoms. The lowest BCUT2D eigenvalue weighted by molar-refractivity contribution is 0.360. The molecule has 2 aromatic carbocycles. The quantitative estimate of drug-likeness (QED) is 0.440. The van der Waals surface area contributed by atoms with Gasteiger partial charge in [0.05, 0.1) is 20.3 Å². The fourth-order valence-electron chi connectivity index (χ4n) is 4.17. The van der Waals surface area contributed by atoms with Crippen molar-refractivity contribution < 1.29 is 22.4 Å². The van der Waals surface area contributed by atoms with Gasteiger partial charge in [0, 0.05) is 24.4 Å². The number of hydrogen-bond donors (Lipinski definition) is 1.